The highest BCUT2D eigenvalue weighted by molar-refractivity contribution is 6.13. The summed E-state index contributed by atoms with van der Waals surface area (Å²) in [4.78, 5) is 20.3. The number of anilines is 1. The van der Waals surface area contributed by atoms with Crippen molar-refractivity contribution in [2.45, 2.75) is 13.1 Å². The first-order valence-corrected chi connectivity index (χ1v) is 8.65. The Morgan fingerprint density at radius 2 is 1.74 bits per heavy atom. The number of hydrogen-bond acceptors (Lipinski definition) is 6. The van der Waals surface area contributed by atoms with Gasteiger partial charge in [0, 0.05) is 12.1 Å². The van der Waals surface area contributed by atoms with Crippen LogP contribution in [0.4, 0.5) is 5.69 Å². The third-order valence-corrected chi connectivity index (χ3v) is 4.84. The van der Waals surface area contributed by atoms with E-state index in [1.54, 1.807) is 21.3 Å². The molecule has 2 heterocycles. The maximum atomic E-state index is 12.1. The van der Waals surface area contributed by atoms with Crippen molar-refractivity contribution in [1.82, 2.24) is 4.90 Å². The molecule has 2 aliphatic rings. The van der Waals surface area contributed by atoms with Crippen molar-refractivity contribution < 1.29 is 19.0 Å². The molecule has 7 heteroatoms. The summed E-state index contributed by atoms with van der Waals surface area (Å²) in [6.07, 6.45) is 0. The van der Waals surface area contributed by atoms with Crippen LogP contribution in [0.1, 0.15) is 11.1 Å². The smallest absolute Gasteiger partial charge is 0.268 e. The lowest BCUT2D eigenvalue weighted by Crippen LogP contribution is -2.45. The third-order valence-electron chi connectivity index (χ3n) is 4.84. The Bertz CT molecular complexity index is 908. The molecular weight excluding hydrogens is 346 g/mol. The lowest BCUT2D eigenvalue weighted by Gasteiger charge is -2.37. The lowest BCUT2D eigenvalue weighted by molar-refractivity contribution is -0.115. The van der Waals surface area contributed by atoms with Crippen molar-refractivity contribution in [2.24, 2.45) is 4.99 Å². The molecule has 0 aromatic heterocycles. The summed E-state index contributed by atoms with van der Waals surface area (Å²) >= 11 is 0. The number of carbonyl (C=O) groups excluding carboxylic acids is 1. The van der Waals surface area contributed by atoms with Gasteiger partial charge in [0.2, 0.25) is 5.96 Å². The molecule has 2 aromatic carbocycles. The number of aliphatic imine (C=N–C) groups is 1. The zero-order valence-corrected chi connectivity index (χ0v) is 15.6. The van der Waals surface area contributed by atoms with E-state index in [2.05, 4.69) is 9.89 Å². The van der Waals surface area contributed by atoms with Crippen LogP contribution >= 0.6 is 0 Å². The molecule has 27 heavy (non-hydrogen) atoms. The van der Waals surface area contributed by atoms with Crippen LogP contribution < -0.4 is 19.1 Å². The van der Waals surface area contributed by atoms with E-state index in [-0.39, 0.29) is 12.5 Å². The number of benzene rings is 2. The molecule has 0 saturated heterocycles. The van der Waals surface area contributed by atoms with E-state index in [0.29, 0.717) is 30.5 Å². The van der Waals surface area contributed by atoms with Crippen LogP contribution in [0.2, 0.25) is 0 Å². The molecule has 2 aliphatic heterocycles. The minimum Gasteiger partial charge on any atom is -0.497 e. The number of fused-ring (bicyclic) bond motifs is 3. The maximum Gasteiger partial charge on any atom is 0.268 e. The normalized spacial score (nSPS) is 15.2. The average molecular weight is 367 g/mol. The van der Waals surface area contributed by atoms with Crippen LogP contribution in [0, 0.1) is 0 Å². The molecule has 0 N–H and O–H groups in total. The van der Waals surface area contributed by atoms with Gasteiger partial charge in [-0.2, -0.15) is 4.99 Å². The van der Waals surface area contributed by atoms with Crippen molar-refractivity contribution in [3.63, 3.8) is 0 Å². The molecule has 0 aliphatic carbocycles. The minimum atomic E-state index is -0.146. The molecule has 7 nitrogen and oxygen atoms in total. The topological polar surface area (TPSA) is 63.6 Å². The van der Waals surface area contributed by atoms with E-state index < -0.39 is 0 Å². The summed E-state index contributed by atoms with van der Waals surface area (Å²) < 4.78 is 16.3. The number of guanidine groups is 1. The number of nitrogens with zero attached hydrogens (tertiary/aromatic N) is 3. The molecular formula is C20H21N3O4. The predicted octanol–water partition coefficient (Wildman–Crippen LogP) is 2.43. The van der Waals surface area contributed by atoms with Crippen LogP contribution in [0.3, 0.4) is 0 Å². The monoisotopic (exact) mass is 367 g/mol. The molecule has 0 bridgehead atoms. The standard InChI is InChI=1S/C20H21N3O4/c1-25-14-6-4-13(5-7-14)10-22-11-15-16(23-12-18(24)21-20(22)23)8-9-17(26-2)19(15)27-3/h4-9H,10-12H2,1-3H3. The first kappa shape index (κ1) is 17.2. The maximum absolute atomic E-state index is 12.1. The SMILES string of the molecule is COc1ccc(CN2Cc3c(ccc(OC)c3OC)N3CC(=O)N=C23)cc1. The number of amides is 1. The van der Waals surface area contributed by atoms with Gasteiger partial charge in [-0.15, -0.1) is 0 Å². The van der Waals surface area contributed by atoms with E-state index in [0.717, 1.165) is 22.6 Å². The summed E-state index contributed by atoms with van der Waals surface area (Å²) in [7, 11) is 4.89. The Hall–Kier alpha value is -3.22. The molecule has 0 saturated carbocycles. The summed E-state index contributed by atoms with van der Waals surface area (Å²) in [6.45, 7) is 1.42. The summed E-state index contributed by atoms with van der Waals surface area (Å²) in [6, 6.07) is 11.7. The third kappa shape index (κ3) is 2.95. The van der Waals surface area contributed by atoms with Crippen molar-refractivity contribution in [3.8, 4) is 17.2 Å². The molecule has 0 unspecified atom stereocenters. The van der Waals surface area contributed by atoms with Crippen molar-refractivity contribution in [1.29, 1.82) is 0 Å². The Balaban J connectivity index is 1.73. The Labute approximate surface area is 157 Å². The van der Waals surface area contributed by atoms with Gasteiger partial charge in [-0.05, 0) is 29.8 Å². The first-order chi connectivity index (χ1) is 13.1. The highest BCUT2D eigenvalue weighted by Crippen LogP contribution is 2.42. The number of hydrogen-bond donors (Lipinski definition) is 0. The Morgan fingerprint density at radius 3 is 2.41 bits per heavy atom. The van der Waals surface area contributed by atoms with E-state index in [1.165, 1.54) is 0 Å². The lowest BCUT2D eigenvalue weighted by atomic mass is 10.1. The van der Waals surface area contributed by atoms with Gasteiger partial charge in [0.25, 0.3) is 5.91 Å². The molecule has 0 fully saturated rings. The molecule has 0 spiro atoms. The zero-order chi connectivity index (χ0) is 19.0. The van der Waals surface area contributed by atoms with E-state index in [4.69, 9.17) is 14.2 Å². The number of ether oxygens (including phenoxy) is 3. The van der Waals surface area contributed by atoms with Gasteiger partial charge in [-0.1, -0.05) is 12.1 Å². The molecule has 4 rings (SSSR count). The predicted molar refractivity (Wildman–Crippen MR) is 102 cm³/mol. The van der Waals surface area contributed by atoms with Crippen LogP contribution in [-0.2, 0) is 17.9 Å². The summed E-state index contributed by atoms with van der Waals surface area (Å²) in [5.41, 5.74) is 3.02. The van der Waals surface area contributed by atoms with Crippen LogP contribution in [-0.4, -0.2) is 44.6 Å². The van der Waals surface area contributed by atoms with Crippen molar-refractivity contribution >= 4 is 17.6 Å². The van der Waals surface area contributed by atoms with Crippen LogP contribution in [0.15, 0.2) is 41.4 Å². The van der Waals surface area contributed by atoms with Gasteiger partial charge < -0.3 is 24.0 Å². The van der Waals surface area contributed by atoms with Crippen molar-refractivity contribution in [2.75, 3.05) is 32.8 Å². The largest absolute Gasteiger partial charge is 0.497 e. The van der Waals surface area contributed by atoms with Gasteiger partial charge in [0.1, 0.15) is 12.3 Å². The van der Waals surface area contributed by atoms with Gasteiger partial charge in [-0.25, -0.2) is 0 Å². The highest BCUT2D eigenvalue weighted by atomic mass is 16.5. The van der Waals surface area contributed by atoms with Crippen LogP contribution in [0.5, 0.6) is 17.2 Å². The Kier molecular flexibility index (Phi) is 4.35. The summed E-state index contributed by atoms with van der Waals surface area (Å²) in [5, 5.41) is 0. The first-order valence-electron chi connectivity index (χ1n) is 8.65. The van der Waals surface area contributed by atoms with E-state index in [1.807, 2.05) is 41.3 Å². The van der Waals surface area contributed by atoms with Gasteiger partial charge in [-0.3, -0.25) is 4.79 Å². The van der Waals surface area contributed by atoms with Gasteiger partial charge >= 0.3 is 0 Å². The fourth-order valence-corrected chi connectivity index (χ4v) is 3.57. The minimum absolute atomic E-state index is 0.146. The zero-order valence-electron chi connectivity index (χ0n) is 15.6. The number of carbonyl (C=O) groups is 1. The van der Waals surface area contributed by atoms with Crippen molar-refractivity contribution in [3.05, 3.63) is 47.5 Å². The molecule has 0 atom stereocenters. The molecule has 2 aromatic rings. The Morgan fingerprint density at radius 1 is 0.963 bits per heavy atom. The van der Waals surface area contributed by atoms with Gasteiger partial charge in [0.15, 0.2) is 11.5 Å². The average Bonchev–Trinajstić information content (AvgIpc) is 3.09. The molecule has 140 valence electrons. The molecule has 1 amide bonds. The van der Waals surface area contributed by atoms with E-state index in [9.17, 15) is 4.79 Å². The quantitative estimate of drug-likeness (QED) is 0.809. The second-order valence-electron chi connectivity index (χ2n) is 6.39. The fourth-order valence-electron chi connectivity index (χ4n) is 3.57. The number of methoxy groups -OCH3 is 3. The fraction of sp³-hybridized carbons (Fsp3) is 0.300. The second kappa shape index (κ2) is 6.83. The number of rotatable bonds is 5. The summed E-state index contributed by atoms with van der Waals surface area (Å²) in [5.74, 6) is 2.70. The van der Waals surface area contributed by atoms with Gasteiger partial charge in [0.05, 0.1) is 33.6 Å². The van der Waals surface area contributed by atoms with E-state index >= 15 is 0 Å². The molecule has 0 radical (unpaired) electrons. The van der Waals surface area contributed by atoms with Crippen LogP contribution in [0.25, 0.3) is 0 Å². The highest BCUT2D eigenvalue weighted by Gasteiger charge is 2.36. The second-order valence-corrected chi connectivity index (χ2v) is 6.39.